The van der Waals surface area contributed by atoms with Crippen molar-refractivity contribution in [1.29, 1.82) is 0 Å². The van der Waals surface area contributed by atoms with E-state index in [1.54, 1.807) is 0 Å². The third-order valence-electron chi connectivity index (χ3n) is 4.39. The van der Waals surface area contributed by atoms with Crippen LogP contribution in [-0.2, 0) is 31.0 Å². The summed E-state index contributed by atoms with van der Waals surface area (Å²) in [6, 6.07) is 2.90. The van der Waals surface area contributed by atoms with Crippen LogP contribution in [0.2, 0.25) is 0 Å². The van der Waals surface area contributed by atoms with Gasteiger partial charge in [0.2, 0.25) is 10.0 Å². The van der Waals surface area contributed by atoms with Gasteiger partial charge in [-0.15, -0.1) is 4.13 Å². The molecule has 1 aromatic rings. The average molecular weight is 399 g/mol. The highest BCUT2D eigenvalue weighted by Crippen LogP contribution is 2.57. The highest BCUT2D eigenvalue weighted by molar-refractivity contribution is 8.04. The molecule has 2 bridgehead atoms. The second kappa shape index (κ2) is 5.41. The molecule has 25 heavy (non-hydrogen) atoms. The van der Waals surface area contributed by atoms with Crippen molar-refractivity contribution >= 4 is 20.0 Å². The van der Waals surface area contributed by atoms with Gasteiger partial charge in [0.05, 0.1) is 28.4 Å². The number of hydrogen-bond donors (Lipinski definition) is 1. The maximum Gasteiger partial charge on any atom is 0.416 e. The van der Waals surface area contributed by atoms with Gasteiger partial charge in [-0.05, 0) is 36.5 Å². The molecule has 11 heteroatoms. The predicted molar refractivity (Wildman–Crippen MR) is 81.6 cm³/mol. The largest absolute Gasteiger partial charge is 0.416 e. The summed E-state index contributed by atoms with van der Waals surface area (Å²) in [6.45, 7) is 2.35. The molecule has 2 aliphatic heterocycles. The van der Waals surface area contributed by atoms with Crippen molar-refractivity contribution in [1.82, 2.24) is 4.13 Å². The van der Waals surface area contributed by atoms with E-state index >= 15 is 0 Å². The van der Waals surface area contributed by atoms with Crippen molar-refractivity contribution in [2.75, 3.05) is 12.4 Å². The van der Waals surface area contributed by atoms with E-state index in [9.17, 15) is 30.0 Å². The number of fused-ring (bicyclic) bond motifs is 1. The summed E-state index contributed by atoms with van der Waals surface area (Å²) in [5, 5.41) is 0. The Labute approximate surface area is 143 Å². The third kappa shape index (κ3) is 3.69. The first-order valence-corrected chi connectivity index (χ1v) is 10.5. The topological polar surface area (TPSA) is 89.5 Å². The number of alkyl halides is 3. The molecule has 0 unspecified atom stereocenters. The van der Waals surface area contributed by atoms with Gasteiger partial charge in [-0.25, -0.2) is 16.8 Å². The number of nitrogens with one attached hydrogen (secondary N) is 1. The third-order valence-corrected chi connectivity index (χ3v) is 8.06. The number of halogens is 3. The minimum atomic E-state index is -4.74. The first-order chi connectivity index (χ1) is 11.2. The predicted octanol–water partition coefficient (Wildman–Crippen LogP) is 1.88. The number of sulfonamides is 2. The highest BCUT2D eigenvalue weighted by atomic mass is 32.3. The molecule has 0 atom stereocenters. The average Bonchev–Trinajstić information content (AvgIpc) is 2.88. The van der Waals surface area contributed by atoms with Gasteiger partial charge < -0.3 is 4.74 Å². The van der Waals surface area contributed by atoms with Crippen LogP contribution in [0.1, 0.15) is 25.3 Å². The molecule has 0 amide bonds. The molecule has 3 fully saturated rings. The van der Waals surface area contributed by atoms with Crippen molar-refractivity contribution in [3.05, 3.63) is 29.8 Å². The molecule has 0 aromatic heterocycles. The number of rotatable bonds is 5. The molecule has 0 spiro atoms. The highest BCUT2D eigenvalue weighted by Gasteiger charge is 2.61. The molecule has 1 saturated carbocycles. The van der Waals surface area contributed by atoms with E-state index in [-0.39, 0.29) is 5.41 Å². The van der Waals surface area contributed by atoms with Crippen LogP contribution >= 0.6 is 0 Å². The van der Waals surface area contributed by atoms with Crippen LogP contribution in [0, 0.1) is 5.41 Å². The first-order valence-electron chi connectivity index (χ1n) is 7.32. The monoisotopic (exact) mass is 399 g/mol. The summed E-state index contributed by atoms with van der Waals surface area (Å²) < 4.78 is 93.9. The molecule has 4 rings (SSSR count). The lowest BCUT2D eigenvalue weighted by molar-refractivity contribution is -0.137. The molecule has 3 aliphatic rings. The van der Waals surface area contributed by atoms with Gasteiger partial charge in [0, 0.05) is 0 Å². The van der Waals surface area contributed by atoms with Crippen LogP contribution in [-0.4, -0.2) is 34.8 Å². The summed E-state index contributed by atoms with van der Waals surface area (Å²) in [5.41, 5.74) is -2.18. The van der Waals surface area contributed by atoms with Crippen LogP contribution in [0.5, 0.6) is 0 Å². The van der Waals surface area contributed by atoms with Crippen LogP contribution in [0.25, 0.3) is 0 Å². The molecule has 1 aliphatic carbocycles. The molecule has 2 heterocycles. The number of hydrogen-bond acceptors (Lipinski definition) is 5. The Hall–Kier alpha value is -1.17. The summed E-state index contributed by atoms with van der Waals surface area (Å²) >= 11 is 0. The fourth-order valence-electron chi connectivity index (χ4n) is 3.61. The Morgan fingerprint density at radius 3 is 2.36 bits per heavy atom. The van der Waals surface area contributed by atoms with Crippen molar-refractivity contribution in [2.24, 2.45) is 5.41 Å². The lowest BCUT2D eigenvalue weighted by Gasteiger charge is -2.41. The van der Waals surface area contributed by atoms with Crippen LogP contribution in [0.3, 0.4) is 0 Å². The Kier molecular flexibility index (Phi) is 4.03. The number of ether oxygens (including phenoxy) is 1. The van der Waals surface area contributed by atoms with E-state index in [1.165, 1.54) is 4.13 Å². The van der Waals surface area contributed by atoms with E-state index in [0.717, 1.165) is 12.1 Å². The van der Waals surface area contributed by atoms with Gasteiger partial charge in [-0.2, -0.15) is 13.2 Å². The smallest absolute Gasteiger partial charge is 0.373 e. The quantitative estimate of drug-likeness (QED) is 0.817. The summed E-state index contributed by atoms with van der Waals surface area (Å²) in [5.74, 6) is -0.548. The molecule has 1 aromatic carbocycles. The van der Waals surface area contributed by atoms with E-state index < -0.39 is 48.0 Å². The fourth-order valence-corrected chi connectivity index (χ4v) is 7.09. The zero-order valence-electron chi connectivity index (χ0n) is 13.1. The van der Waals surface area contributed by atoms with Gasteiger partial charge in [0.25, 0.3) is 10.0 Å². The summed E-state index contributed by atoms with van der Waals surface area (Å²) in [7, 11) is -8.97. The SMILES string of the molecule is CC12COC(CS(=O)(=O)NS(=O)(=O)c3cccc(C(F)(F)F)c3)(C1)C2. The molecule has 0 radical (unpaired) electrons. The van der Waals surface area contributed by atoms with Crippen molar-refractivity contribution in [3.8, 4) is 0 Å². The normalized spacial score (nSPS) is 29.4. The lowest BCUT2D eigenvalue weighted by Crippen LogP contribution is -2.50. The van der Waals surface area contributed by atoms with Gasteiger partial charge >= 0.3 is 6.18 Å². The van der Waals surface area contributed by atoms with Crippen LogP contribution in [0.15, 0.2) is 29.2 Å². The second-order valence-corrected chi connectivity index (χ2v) is 10.7. The molecule has 6 nitrogen and oxygen atoms in total. The Balaban J connectivity index is 1.79. The van der Waals surface area contributed by atoms with Crippen molar-refractivity contribution in [3.63, 3.8) is 0 Å². The van der Waals surface area contributed by atoms with E-state index in [2.05, 4.69) is 0 Å². The lowest BCUT2D eigenvalue weighted by atomic mass is 9.65. The van der Waals surface area contributed by atoms with Crippen LogP contribution < -0.4 is 4.13 Å². The van der Waals surface area contributed by atoms with Gasteiger partial charge in [0.15, 0.2) is 0 Å². The first kappa shape index (κ1) is 18.6. The standard InChI is InChI=1S/C14H16F3NO5S2/c1-12-6-13(7-12,23-8-12)9-24(19,20)18-25(21,22)11-4-2-3-10(5-11)14(15,16)17/h2-5,18H,6-9H2,1H3. The maximum absolute atomic E-state index is 12.7. The minimum Gasteiger partial charge on any atom is -0.373 e. The van der Waals surface area contributed by atoms with Gasteiger partial charge in [-0.3, -0.25) is 0 Å². The Bertz CT molecular complexity index is 903. The van der Waals surface area contributed by atoms with E-state index in [1.807, 2.05) is 6.92 Å². The van der Waals surface area contributed by atoms with E-state index in [0.29, 0.717) is 31.6 Å². The minimum absolute atomic E-state index is 0.0879. The Morgan fingerprint density at radius 1 is 1.20 bits per heavy atom. The molecular weight excluding hydrogens is 383 g/mol. The molecular formula is C14H16F3NO5S2. The van der Waals surface area contributed by atoms with Crippen LogP contribution in [0.4, 0.5) is 13.2 Å². The zero-order valence-corrected chi connectivity index (χ0v) is 14.8. The summed E-state index contributed by atoms with van der Waals surface area (Å²) in [4.78, 5) is -0.769. The maximum atomic E-state index is 12.7. The van der Waals surface area contributed by atoms with Gasteiger partial charge in [0.1, 0.15) is 0 Å². The van der Waals surface area contributed by atoms with Crippen molar-refractivity contribution in [2.45, 2.75) is 36.4 Å². The molecule has 1 N–H and O–H groups in total. The Morgan fingerprint density at radius 2 is 1.84 bits per heavy atom. The number of benzene rings is 1. The fraction of sp³-hybridized carbons (Fsp3) is 0.571. The molecule has 140 valence electrons. The van der Waals surface area contributed by atoms with E-state index in [4.69, 9.17) is 4.74 Å². The second-order valence-electron chi connectivity index (χ2n) is 7.01. The van der Waals surface area contributed by atoms with Crippen molar-refractivity contribution < 1.29 is 34.7 Å². The molecule has 2 saturated heterocycles. The zero-order chi connectivity index (χ0) is 18.7. The summed E-state index contributed by atoms with van der Waals surface area (Å²) in [6.07, 6.45) is -3.73. The van der Waals surface area contributed by atoms with Gasteiger partial charge in [-0.1, -0.05) is 13.0 Å².